The summed E-state index contributed by atoms with van der Waals surface area (Å²) in [6.07, 6.45) is 2.35. The molecule has 3 rings (SSSR count). The van der Waals surface area contributed by atoms with Gasteiger partial charge in [0.2, 0.25) is 16.0 Å². The molecule has 3 aromatic rings. The van der Waals surface area contributed by atoms with Crippen molar-refractivity contribution in [2.75, 3.05) is 17.2 Å². The van der Waals surface area contributed by atoms with Gasteiger partial charge in [-0.2, -0.15) is 4.98 Å². The Balaban J connectivity index is 1.68. The first-order valence-electron chi connectivity index (χ1n) is 9.20. The smallest absolute Gasteiger partial charge is 0.240 e. The van der Waals surface area contributed by atoms with Crippen molar-refractivity contribution in [3.8, 4) is 0 Å². The molecule has 1 aromatic carbocycles. The predicted molar refractivity (Wildman–Crippen MR) is 123 cm³/mol. The van der Waals surface area contributed by atoms with Crippen molar-refractivity contribution < 1.29 is 13.5 Å². The van der Waals surface area contributed by atoms with Crippen molar-refractivity contribution in [2.24, 2.45) is 0 Å². The first-order valence-corrected chi connectivity index (χ1v) is 12.4. The zero-order chi connectivity index (χ0) is 21.6. The summed E-state index contributed by atoms with van der Waals surface area (Å²) >= 11 is 4.89. The van der Waals surface area contributed by atoms with Crippen molar-refractivity contribution >= 4 is 54.7 Å². The number of thiophene rings is 1. The first kappa shape index (κ1) is 22.6. The normalized spacial score (nSPS) is 12.5. The van der Waals surface area contributed by atoms with Crippen LogP contribution in [0.3, 0.4) is 0 Å². The van der Waals surface area contributed by atoms with Gasteiger partial charge in [-0.1, -0.05) is 13.0 Å². The van der Waals surface area contributed by atoms with E-state index >= 15 is 0 Å². The topological polar surface area (TPSA) is 116 Å². The fourth-order valence-electron chi connectivity index (χ4n) is 2.51. The number of anilines is 3. The molecule has 0 bridgehead atoms. The number of aliphatic hydroxyl groups is 1. The average molecular weight is 512 g/mol. The fraction of sp³-hybridized carbons (Fsp3) is 0.263. The van der Waals surface area contributed by atoms with Gasteiger partial charge in [-0.15, -0.1) is 11.3 Å². The summed E-state index contributed by atoms with van der Waals surface area (Å²) in [6, 6.07) is 10.00. The molecule has 0 saturated heterocycles. The van der Waals surface area contributed by atoms with E-state index in [4.69, 9.17) is 0 Å². The molecule has 2 aromatic heterocycles. The molecule has 0 aliphatic rings. The Kier molecular flexibility index (Phi) is 7.78. The van der Waals surface area contributed by atoms with Crippen molar-refractivity contribution in [2.45, 2.75) is 30.8 Å². The van der Waals surface area contributed by atoms with Crippen LogP contribution in [-0.4, -0.2) is 36.1 Å². The SMILES string of the molecule is CC[C@H](CO)Nc1nc(Nc2ccc(S(=O)(=O)NCc3cccs3)cc2)ncc1Br. The van der Waals surface area contributed by atoms with Crippen LogP contribution in [-0.2, 0) is 16.6 Å². The van der Waals surface area contributed by atoms with Crippen LogP contribution in [0.5, 0.6) is 0 Å². The van der Waals surface area contributed by atoms with Gasteiger partial charge in [0.25, 0.3) is 0 Å². The molecule has 2 heterocycles. The number of aliphatic hydroxyl groups excluding tert-OH is 1. The molecule has 8 nitrogen and oxygen atoms in total. The lowest BCUT2D eigenvalue weighted by atomic mass is 10.2. The highest BCUT2D eigenvalue weighted by Gasteiger charge is 2.14. The summed E-state index contributed by atoms with van der Waals surface area (Å²) in [5.41, 5.74) is 0.648. The Bertz CT molecular complexity index is 1060. The van der Waals surface area contributed by atoms with Crippen molar-refractivity contribution in [3.63, 3.8) is 0 Å². The first-order chi connectivity index (χ1) is 14.4. The summed E-state index contributed by atoms with van der Waals surface area (Å²) in [6.45, 7) is 2.22. The maximum atomic E-state index is 12.5. The largest absolute Gasteiger partial charge is 0.394 e. The van der Waals surface area contributed by atoms with E-state index in [1.807, 2.05) is 24.4 Å². The molecule has 11 heteroatoms. The molecule has 30 heavy (non-hydrogen) atoms. The van der Waals surface area contributed by atoms with Gasteiger partial charge in [0, 0.05) is 23.3 Å². The van der Waals surface area contributed by atoms with Crippen molar-refractivity contribution in [1.29, 1.82) is 0 Å². The lowest BCUT2D eigenvalue weighted by molar-refractivity contribution is 0.271. The second-order valence-electron chi connectivity index (χ2n) is 6.38. The zero-order valence-corrected chi connectivity index (χ0v) is 19.4. The summed E-state index contributed by atoms with van der Waals surface area (Å²) in [4.78, 5) is 9.76. The quantitative estimate of drug-likeness (QED) is 0.327. The molecule has 160 valence electrons. The molecule has 0 fully saturated rings. The minimum atomic E-state index is -3.60. The number of nitrogens with zero attached hydrogens (tertiary/aromatic N) is 2. The Morgan fingerprint density at radius 2 is 2.00 bits per heavy atom. The molecule has 0 radical (unpaired) electrons. The zero-order valence-electron chi connectivity index (χ0n) is 16.2. The third-order valence-corrected chi connectivity index (χ3v) is 7.11. The van der Waals surface area contributed by atoms with Crippen molar-refractivity contribution in [1.82, 2.24) is 14.7 Å². The number of aromatic nitrogens is 2. The number of halogens is 1. The molecule has 4 N–H and O–H groups in total. The highest BCUT2D eigenvalue weighted by atomic mass is 79.9. The minimum Gasteiger partial charge on any atom is -0.394 e. The van der Waals surface area contributed by atoms with Crippen LogP contribution in [0.25, 0.3) is 0 Å². The van der Waals surface area contributed by atoms with Gasteiger partial charge >= 0.3 is 0 Å². The Labute approximate surface area is 188 Å². The maximum absolute atomic E-state index is 12.5. The van der Waals surface area contributed by atoms with Gasteiger partial charge in [-0.3, -0.25) is 0 Å². The van der Waals surface area contributed by atoms with Crippen LogP contribution in [0.1, 0.15) is 18.2 Å². The van der Waals surface area contributed by atoms with Crippen LogP contribution in [0.4, 0.5) is 17.5 Å². The monoisotopic (exact) mass is 511 g/mol. The van der Waals surface area contributed by atoms with Gasteiger partial charge in [0.15, 0.2) is 0 Å². The number of hydrogen-bond donors (Lipinski definition) is 4. The van der Waals surface area contributed by atoms with Crippen molar-refractivity contribution in [3.05, 3.63) is 57.3 Å². The van der Waals surface area contributed by atoms with E-state index in [1.54, 1.807) is 18.3 Å². The number of nitrogens with one attached hydrogen (secondary N) is 3. The Hall–Kier alpha value is -2.05. The van der Waals surface area contributed by atoms with Gasteiger partial charge in [0.05, 0.1) is 22.0 Å². The van der Waals surface area contributed by atoms with Crippen LogP contribution >= 0.6 is 27.3 Å². The molecule has 0 unspecified atom stereocenters. The van der Waals surface area contributed by atoms with E-state index < -0.39 is 10.0 Å². The van der Waals surface area contributed by atoms with E-state index in [0.29, 0.717) is 21.9 Å². The molecule has 0 aliphatic carbocycles. The highest BCUT2D eigenvalue weighted by Crippen LogP contribution is 2.23. The molecular weight excluding hydrogens is 490 g/mol. The van der Waals surface area contributed by atoms with E-state index in [9.17, 15) is 13.5 Å². The van der Waals surface area contributed by atoms with Crippen LogP contribution in [0, 0.1) is 0 Å². The van der Waals surface area contributed by atoms with Crippen LogP contribution < -0.4 is 15.4 Å². The van der Waals surface area contributed by atoms with Crippen LogP contribution in [0.2, 0.25) is 0 Å². The third-order valence-electron chi connectivity index (χ3n) is 4.24. The molecule has 0 aliphatic heterocycles. The second kappa shape index (κ2) is 10.3. The second-order valence-corrected chi connectivity index (χ2v) is 10.0. The average Bonchev–Trinajstić information content (AvgIpc) is 3.27. The lowest BCUT2D eigenvalue weighted by Gasteiger charge is -2.16. The summed E-state index contributed by atoms with van der Waals surface area (Å²) in [5, 5.41) is 17.5. The molecule has 0 amide bonds. The molecule has 1 atom stereocenters. The number of hydrogen-bond acceptors (Lipinski definition) is 8. The Morgan fingerprint density at radius 1 is 1.23 bits per heavy atom. The maximum Gasteiger partial charge on any atom is 0.240 e. The molecule has 0 saturated carbocycles. The van der Waals surface area contributed by atoms with Gasteiger partial charge in [0.1, 0.15) is 5.82 Å². The molecule has 0 spiro atoms. The highest BCUT2D eigenvalue weighted by molar-refractivity contribution is 9.10. The number of rotatable bonds is 10. The number of sulfonamides is 1. The molecular formula is C19H22BrN5O3S2. The van der Waals surface area contributed by atoms with Gasteiger partial charge in [-0.05, 0) is 58.1 Å². The summed E-state index contributed by atoms with van der Waals surface area (Å²) in [7, 11) is -3.60. The summed E-state index contributed by atoms with van der Waals surface area (Å²) < 4.78 is 28.2. The minimum absolute atomic E-state index is 0.00778. The van der Waals surface area contributed by atoms with E-state index in [-0.39, 0.29) is 24.1 Å². The van der Waals surface area contributed by atoms with E-state index in [2.05, 4.69) is 41.3 Å². The predicted octanol–water partition coefficient (Wildman–Crippen LogP) is 3.71. The number of benzene rings is 1. The fourth-order valence-corrected chi connectivity index (χ4v) is 4.56. The third kappa shape index (κ3) is 5.99. The van der Waals surface area contributed by atoms with Gasteiger partial charge in [-0.25, -0.2) is 18.1 Å². The Morgan fingerprint density at radius 3 is 2.63 bits per heavy atom. The summed E-state index contributed by atoms with van der Waals surface area (Å²) in [5.74, 6) is 0.908. The lowest BCUT2D eigenvalue weighted by Crippen LogP contribution is -2.23. The standard InChI is InChI=1S/C19H22BrN5O3S2/c1-2-13(12-26)23-18-17(20)11-21-19(25-18)24-14-5-7-16(8-6-14)30(27,28)22-10-15-4-3-9-29-15/h3-9,11,13,22,26H,2,10,12H2,1H3,(H2,21,23,24,25)/t13-/m1/s1. The van der Waals surface area contributed by atoms with E-state index in [0.717, 1.165) is 11.3 Å². The van der Waals surface area contributed by atoms with Gasteiger partial charge < -0.3 is 15.7 Å². The van der Waals surface area contributed by atoms with Crippen LogP contribution in [0.15, 0.2) is 57.3 Å². The van der Waals surface area contributed by atoms with E-state index in [1.165, 1.54) is 23.5 Å².